The number of aliphatic imine (C=N–C) groups is 1. The molecule has 0 aromatic carbocycles. The summed E-state index contributed by atoms with van der Waals surface area (Å²) in [4.78, 5) is 27.2. The summed E-state index contributed by atoms with van der Waals surface area (Å²) in [5.74, 6) is 0.0743. The van der Waals surface area contributed by atoms with Gasteiger partial charge < -0.3 is 38.5 Å². The van der Waals surface area contributed by atoms with Crippen molar-refractivity contribution in [3.8, 4) is 0 Å². The average molecular weight is 401 g/mol. The van der Waals surface area contributed by atoms with Crippen molar-refractivity contribution >= 4 is 17.9 Å². The number of unbranched alkanes of at least 4 members (excludes halogenated alkanes) is 4. The predicted molar refractivity (Wildman–Crippen MR) is 114 cm³/mol. The Morgan fingerprint density at radius 3 is 2.07 bits per heavy atom. The lowest BCUT2D eigenvalue weighted by Gasteiger charge is -2.08. The zero-order valence-corrected chi connectivity index (χ0v) is 17.1. The first-order valence-electron chi connectivity index (χ1n) is 10.3. The lowest BCUT2D eigenvalue weighted by molar-refractivity contribution is -0.120. The third-order valence-corrected chi connectivity index (χ3v) is 3.96. The van der Waals surface area contributed by atoms with E-state index in [1.165, 1.54) is 0 Å². The molecule has 0 aliphatic carbocycles. The van der Waals surface area contributed by atoms with Gasteiger partial charge in [0.1, 0.15) is 0 Å². The largest absolute Gasteiger partial charge is 0.370 e. The molecule has 0 aliphatic heterocycles. The van der Waals surface area contributed by atoms with Crippen LogP contribution in [0.2, 0.25) is 0 Å². The van der Waals surface area contributed by atoms with Gasteiger partial charge in [0.05, 0.1) is 0 Å². The smallest absolute Gasteiger partial charge is 0.314 e. The number of hydrogen-bond donors (Lipinski definition) is 7. The molecular formula is C18H40N8O2. The van der Waals surface area contributed by atoms with Gasteiger partial charge in [0, 0.05) is 32.6 Å². The van der Waals surface area contributed by atoms with Crippen LogP contribution in [-0.2, 0) is 4.79 Å². The number of urea groups is 1. The van der Waals surface area contributed by atoms with E-state index in [4.69, 9.17) is 17.2 Å². The number of guanidine groups is 1. The van der Waals surface area contributed by atoms with Crippen LogP contribution >= 0.6 is 0 Å². The molecule has 28 heavy (non-hydrogen) atoms. The van der Waals surface area contributed by atoms with Crippen LogP contribution in [0.15, 0.2) is 4.99 Å². The predicted octanol–water partition coefficient (Wildman–Crippen LogP) is -0.656. The lowest BCUT2D eigenvalue weighted by Crippen LogP contribution is -2.38. The van der Waals surface area contributed by atoms with Crippen molar-refractivity contribution in [2.75, 3.05) is 45.8 Å². The fraction of sp³-hybridized carbons (Fsp3) is 0.833. The van der Waals surface area contributed by atoms with Gasteiger partial charge in [-0.05, 0) is 51.7 Å². The van der Waals surface area contributed by atoms with Crippen molar-refractivity contribution in [1.82, 2.24) is 21.3 Å². The Bertz CT molecular complexity index is 428. The van der Waals surface area contributed by atoms with Crippen LogP contribution in [0.5, 0.6) is 0 Å². The average Bonchev–Trinajstić information content (AvgIpc) is 2.65. The van der Waals surface area contributed by atoms with Crippen LogP contribution in [0.25, 0.3) is 0 Å². The molecule has 0 spiro atoms. The zero-order chi connectivity index (χ0) is 20.9. The van der Waals surface area contributed by atoms with E-state index in [0.29, 0.717) is 32.7 Å². The van der Waals surface area contributed by atoms with E-state index in [1.807, 2.05) is 0 Å². The van der Waals surface area contributed by atoms with Crippen LogP contribution in [0.3, 0.4) is 0 Å². The third-order valence-electron chi connectivity index (χ3n) is 3.96. The summed E-state index contributed by atoms with van der Waals surface area (Å²) in [5, 5.41) is 11.6. The molecular weight excluding hydrogens is 360 g/mol. The molecule has 0 radical (unpaired) electrons. The van der Waals surface area contributed by atoms with Crippen molar-refractivity contribution in [3.63, 3.8) is 0 Å². The molecule has 10 nitrogen and oxygen atoms in total. The molecule has 0 aliphatic rings. The monoisotopic (exact) mass is 400 g/mol. The van der Waals surface area contributed by atoms with Gasteiger partial charge in [0.15, 0.2) is 5.96 Å². The molecule has 0 aromatic heterocycles. The topological polar surface area (TPSA) is 173 Å². The normalized spacial score (nSPS) is 10.3. The standard InChI is InChI=1S/C18H40N8O2/c19-9-7-11-22-10-5-6-14-25-18(28)26-15-8-16(27)23-12-3-1-2-4-13-24-17(20)21/h22H,1-15,19H2,(H,23,27)(H4,20,21,24)(H2,25,26,28). The first kappa shape index (κ1) is 25.9. The van der Waals surface area contributed by atoms with Crippen LogP contribution in [0, 0.1) is 0 Å². The van der Waals surface area contributed by atoms with Crippen LogP contribution < -0.4 is 38.5 Å². The Hall–Kier alpha value is -2.07. The molecule has 3 amide bonds. The minimum absolute atomic E-state index is 0.0515. The molecule has 0 atom stereocenters. The van der Waals surface area contributed by atoms with E-state index in [9.17, 15) is 9.59 Å². The second-order valence-electron chi connectivity index (χ2n) is 6.60. The minimum Gasteiger partial charge on any atom is -0.370 e. The van der Waals surface area contributed by atoms with Crippen molar-refractivity contribution in [2.24, 2.45) is 22.2 Å². The molecule has 10 N–H and O–H groups in total. The lowest BCUT2D eigenvalue weighted by atomic mass is 10.2. The van der Waals surface area contributed by atoms with Gasteiger partial charge in [0.2, 0.25) is 5.91 Å². The second kappa shape index (κ2) is 19.7. The number of nitrogens with two attached hydrogens (primary N) is 3. The molecule has 0 heterocycles. The first-order valence-corrected chi connectivity index (χ1v) is 10.3. The van der Waals surface area contributed by atoms with E-state index in [0.717, 1.165) is 58.0 Å². The zero-order valence-electron chi connectivity index (χ0n) is 17.1. The SMILES string of the molecule is NCCCNCCCCNC(=O)NCCC(=O)NCCCCCCN=C(N)N. The third kappa shape index (κ3) is 20.2. The van der Waals surface area contributed by atoms with Gasteiger partial charge in [-0.2, -0.15) is 0 Å². The quantitative estimate of drug-likeness (QED) is 0.0914. The number of hydrogen-bond acceptors (Lipinski definition) is 5. The summed E-state index contributed by atoms with van der Waals surface area (Å²) in [6.07, 6.45) is 7.08. The number of rotatable bonds is 18. The molecule has 0 aromatic rings. The Labute approximate surface area is 168 Å². The molecule has 164 valence electrons. The summed E-state index contributed by atoms with van der Waals surface area (Å²) in [7, 11) is 0. The van der Waals surface area contributed by atoms with Crippen LogP contribution in [0.4, 0.5) is 4.79 Å². The minimum atomic E-state index is -0.232. The van der Waals surface area contributed by atoms with E-state index >= 15 is 0 Å². The first-order chi connectivity index (χ1) is 13.6. The summed E-state index contributed by atoms with van der Waals surface area (Å²) < 4.78 is 0. The Kier molecular flexibility index (Phi) is 18.2. The van der Waals surface area contributed by atoms with Crippen molar-refractivity contribution in [1.29, 1.82) is 0 Å². The van der Waals surface area contributed by atoms with Gasteiger partial charge in [-0.3, -0.25) is 9.79 Å². The van der Waals surface area contributed by atoms with Crippen LogP contribution in [0.1, 0.15) is 51.4 Å². The van der Waals surface area contributed by atoms with E-state index in [1.54, 1.807) is 0 Å². The molecule has 0 saturated heterocycles. The van der Waals surface area contributed by atoms with E-state index in [-0.39, 0.29) is 24.3 Å². The van der Waals surface area contributed by atoms with Crippen molar-refractivity contribution in [3.05, 3.63) is 0 Å². The number of nitrogens with zero attached hydrogens (tertiary/aromatic N) is 1. The summed E-state index contributed by atoms with van der Waals surface area (Å²) in [6, 6.07) is -0.232. The van der Waals surface area contributed by atoms with Gasteiger partial charge in [-0.1, -0.05) is 12.8 Å². The number of carbonyl (C=O) groups excluding carboxylic acids is 2. The van der Waals surface area contributed by atoms with Gasteiger partial charge >= 0.3 is 6.03 Å². The van der Waals surface area contributed by atoms with Crippen molar-refractivity contribution < 1.29 is 9.59 Å². The maximum absolute atomic E-state index is 11.7. The van der Waals surface area contributed by atoms with Crippen molar-refractivity contribution in [2.45, 2.75) is 51.4 Å². The molecule has 0 unspecified atom stereocenters. The van der Waals surface area contributed by atoms with Gasteiger partial charge in [0.25, 0.3) is 0 Å². The highest BCUT2D eigenvalue weighted by atomic mass is 16.2. The molecule has 0 saturated carbocycles. The number of carbonyl (C=O) groups is 2. The second-order valence-corrected chi connectivity index (χ2v) is 6.60. The highest BCUT2D eigenvalue weighted by Crippen LogP contribution is 1.99. The molecule has 0 rings (SSSR count). The maximum atomic E-state index is 11.7. The molecule has 0 fully saturated rings. The molecule has 10 heteroatoms. The van der Waals surface area contributed by atoms with Gasteiger partial charge in [-0.25, -0.2) is 4.79 Å². The van der Waals surface area contributed by atoms with Gasteiger partial charge in [-0.15, -0.1) is 0 Å². The van der Waals surface area contributed by atoms with Crippen LogP contribution in [-0.4, -0.2) is 63.7 Å². The summed E-state index contributed by atoms with van der Waals surface area (Å²) >= 11 is 0. The summed E-state index contributed by atoms with van der Waals surface area (Å²) in [6.45, 7) is 4.82. The van der Waals surface area contributed by atoms with E-state index in [2.05, 4.69) is 26.3 Å². The fourth-order valence-corrected chi connectivity index (χ4v) is 2.40. The number of nitrogens with one attached hydrogen (secondary N) is 4. The molecule has 0 bridgehead atoms. The Morgan fingerprint density at radius 1 is 0.714 bits per heavy atom. The number of amides is 3. The highest BCUT2D eigenvalue weighted by Gasteiger charge is 2.03. The highest BCUT2D eigenvalue weighted by molar-refractivity contribution is 5.78. The fourth-order valence-electron chi connectivity index (χ4n) is 2.40. The van der Waals surface area contributed by atoms with E-state index < -0.39 is 0 Å². The maximum Gasteiger partial charge on any atom is 0.314 e. The Morgan fingerprint density at radius 2 is 1.32 bits per heavy atom. The summed E-state index contributed by atoms with van der Waals surface area (Å²) in [5.41, 5.74) is 15.9. The Balaban J connectivity index is 3.36.